The number of hydrazine groups is 1. The average Bonchev–Trinajstić information content (AvgIpc) is 2.40. The summed E-state index contributed by atoms with van der Waals surface area (Å²) in [5, 5.41) is -0.100. The van der Waals surface area contributed by atoms with Crippen molar-refractivity contribution >= 4 is 17.4 Å². The molecule has 0 bridgehead atoms. The van der Waals surface area contributed by atoms with Crippen LogP contribution in [-0.4, -0.2) is 4.98 Å². The van der Waals surface area contributed by atoms with E-state index in [1.165, 1.54) is 6.07 Å². The number of rotatable bonds is 3. The molecule has 1 aromatic heterocycles. The minimum Gasteiger partial charge on any atom is -0.437 e. The molecule has 112 valence electrons. The first kappa shape index (κ1) is 15.3. The predicted octanol–water partition coefficient (Wildman–Crippen LogP) is 3.97. The molecule has 0 aliphatic carbocycles. The molecule has 0 aliphatic heterocycles. The van der Waals surface area contributed by atoms with Crippen molar-refractivity contribution in [3.8, 4) is 11.6 Å². The fourth-order valence-corrected chi connectivity index (χ4v) is 1.67. The zero-order valence-corrected chi connectivity index (χ0v) is 11.0. The number of nitrogens with one attached hydrogen (secondary N) is 1. The Balaban J connectivity index is 2.39. The number of benzene rings is 1. The van der Waals surface area contributed by atoms with Gasteiger partial charge in [-0.2, -0.15) is 18.2 Å². The standard InChI is InChI=1S/C12H8ClF4N3O/c13-8-5-7(14)1-2-9(8)21-11-4-6(12(15,16)17)3-10(19-11)20-18/h1-5H,18H2,(H,19,20). The first-order valence-corrected chi connectivity index (χ1v) is 5.86. The quantitative estimate of drug-likeness (QED) is 0.510. The maximum Gasteiger partial charge on any atom is 0.416 e. The molecular weight excluding hydrogens is 314 g/mol. The van der Waals surface area contributed by atoms with E-state index in [0.29, 0.717) is 6.07 Å². The number of pyridine rings is 1. The Morgan fingerprint density at radius 2 is 1.90 bits per heavy atom. The zero-order valence-electron chi connectivity index (χ0n) is 10.2. The minimum absolute atomic E-state index is 0.0344. The third-order valence-corrected chi connectivity index (χ3v) is 2.68. The van der Waals surface area contributed by atoms with Gasteiger partial charge in [0.05, 0.1) is 10.6 Å². The van der Waals surface area contributed by atoms with E-state index in [-0.39, 0.29) is 22.5 Å². The van der Waals surface area contributed by atoms with Gasteiger partial charge < -0.3 is 10.2 Å². The van der Waals surface area contributed by atoms with Gasteiger partial charge in [-0.05, 0) is 24.3 Å². The van der Waals surface area contributed by atoms with Crippen LogP contribution >= 0.6 is 11.6 Å². The molecule has 2 aromatic rings. The van der Waals surface area contributed by atoms with Gasteiger partial charge in [0.2, 0.25) is 5.88 Å². The van der Waals surface area contributed by atoms with Crippen LogP contribution in [-0.2, 0) is 6.18 Å². The van der Waals surface area contributed by atoms with Gasteiger partial charge in [0.15, 0.2) is 0 Å². The van der Waals surface area contributed by atoms with E-state index in [1.807, 2.05) is 5.43 Å². The second-order valence-corrected chi connectivity index (χ2v) is 4.31. The summed E-state index contributed by atoms with van der Waals surface area (Å²) >= 11 is 5.73. The van der Waals surface area contributed by atoms with Crippen LogP contribution in [0, 0.1) is 5.82 Å². The van der Waals surface area contributed by atoms with E-state index in [2.05, 4.69) is 4.98 Å². The molecule has 21 heavy (non-hydrogen) atoms. The van der Waals surface area contributed by atoms with E-state index >= 15 is 0 Å². The first-order chi connectivity index (χ1) is 9.79. The lowest BCUT2D eigenvalue weighted by atomic mass is 10.2. The minimum atomic E-state index is -4.60. The number of aromatic nitrogens is 1. The van der Waals surface area contributed by atoms with E-state index in [0.717, 1.165) is 18.2 Å². The highest BCUT2D eigenvalue weighted by Gasteiger charge is 2.32. The molecule has 0 atom stereocenters. The molecule has 0 amide bonds. The first-order valence-electron chi connectivity index (χ1n) is 5.48. The van der Waals surface area contributed by atoms with E-state index in [4.69, 9.17) is 22.2 Å². The van der Waals surface area contributed by atoms with Gasteiger partial charge >= 0.3 is 6.18 Å². The highest BCUT2D eigenvalue weighted by molar-refractivity contribution is 6.32. The van der Waals surface area contributed by atoms with Crippen LogP contribution in [0.3, 0.4) is 0 Å². The Kier molecular flexibility index (Phi) is 4.19. The summed E-state index contributed by atoms with van der Waals surface area (Å²) in [4.78, 5) is 3.71. The average molecular weight is 322 g/mol. The number of anilines is 1. The second kappa shape index (κ2) is 5.74. The number of nitrogen functional groups attached to an aromatic ring is 1. The van der Waals surface area contributed by atoms with Gasteiger partial charge in [0.1, 0.15) is 17.4 Å². The Bertz CT molecular complexity index is 663. The molecular formula is C12H8ClF4N3O. The highest BCUT2D eigenvalue weighted by Crippen LogP contribution is 2.35. The molecule has 0 unspecified atom stereocenters. The van der Waals surface area contributed by atoms with Gasteiger partial charge in [-0.25, -0.2) is 10.2 Å². The maximum absolute atomic E-state index is 12.9. The van der Waals surface area contributed by atoms with Crippen LogP contribution in [0.2, 0.25) is 5.02 Å². The van der Waals surface area contributed by atoms with E-state index in [9.17, 15) is 17.6 Å². The molecule has 0 spiro atoms. The van der Waals surface area contributed by atoms with Crippen molar-refractivity contribution in [2.75, 3.05) is 5.43 Å². The zero-order chi connectivity index (χ0) is 15.6. The number of halogens is 5. The molecule has 0 radical (unpaired) electrons. The lowest BCUT2D eigenvalue weighted by molar-refractivity contribution is -0.137. The summed E-state index contributed by atoms with van der Waals surface area (Å²) < 4.78 is 56.2. The Morgan fingerprint density at radius 1 is 1.19 bits per heavy atom. The number of alkyl halides is 3. The van der Waals surface area contributed by atoms with E-state index < -0.39 is 17.6 Å². The fraction of sp³-hybridized carbons (Fsp3) is 0.0833. The SMILES string of the molecule is NNc1cc(C(F)(F)F)cc(Oc2ccc(F)cc2Cl)n1. The largest absolute Gasteiger partial charge is 0.437 e. The maximum atomic E-state index is 12.9. The second-order valence-electron chi connectivity index (χ2n) is 3.90. The molecule has 0 saturated heterocycles. The predicted molar refractivity (Wildman–Crippen MR) is 68.5 cm³/mol. The third-order valence-electron chi connectivity index (χ3n) is 2.39. The van der Waals surface area contributed by atoms with Crippen molar-refractivity contribution in [1.82, 2.24) is 4.98 Å². The molecule has 1 aromatic carbocycles. The molecule has 0 fully saturated rings. The molecule has 0 saturated carbocycles. The van der Waals surface area contributed by atoms with Gasteiger partial charge in [0, 0.05) is 6.07 Å². The highest BCUT2D eigenvalue weighted by atomic mass is 35.5. The van der Waals surface area contributed by atoms with Crippen LogP contribution in [0.5, 0.6) is 11.6 Å². The van der Waals surface area contributed by atoms with Crippen LogP contribution in [0.15, 0.2) is 30.3 Å². The third kappa shape index (κ3) is 3.73. The van der Waals surface area contributed by atoms with Crippen LogP contribution in [0.25, 0.3) is 0 Å². The summed E-state index contributed by atoms with van der Waals surface area (Å²) in [7, 11) is 0. The molecule has 9 heteroatoms. The number of ether oxygens (including phenoxy) is 1. The summed E-state index contributed by atoms with van der Waals surface area (Å²) in [6, 6.07) is 4.60. The van der Waals surface area contributed by atoms with Crippen molar-refractivity contribution in [1.29, 1.82) is 0 Å². The van der Waals surface area contributed by atoms with Crippen molar-refractivity contribution in [3.05, 3.63) is 46.7 Å². The van der Waals surface area contributed by atoms with Gasteiger partial charge in [0.25, 0.3) is 0 Å². The topological polar surface area (TPSA) is 60.2 Å². The number of hydrogen-bond donors (Lipinski definition) is 2. The van der Waals surface area contributed by atoms with Gasteiger partial charge in [-0.15, -0.1) is 0 Å². The normalized spacial score (nSPS) is 11.3. The van der Waals surface area contributed by atoms with Crippen LogP contribution in [0.1, 0.15) is 5.56 Å². The molecule has 0 aliphatic rings. The summed E-state index contributed by atoms with van der Waals surface area (Å²) in [5.74, 6) is 3.80. The van der Waals surface area contributed by atoms with Crippen LogP contribution in [0.4, 0.5) is 23.4 Å². The van der Waals surface area contributed by atoms with Crippen molar-refractivity contribution < 1.29 is 22.3 Å². The molecule has 3 N–H and O–H groups in total. The van der Waals surface area contributed by atoms with Crippen molar-refractivity contribution in [3.63, 3.8) is 0 Å². The molecule has 1 heterocycles. The van der Waals surface area contributed by atoms with Gasteiger partial charge in [-0.3, -0.25) is 0 Å². The van der Waals surface area contributed by atoms with Gasteiger partial charge in [-0.1, -0.05) is 11.6 Å². The lowest BCUT2D eigenvalue weighted by Crippen LogP contribution is -2.12. The van der Waals surface area contributed by atoms with Crippen LogP contribution < -0.4 is 16.0 Å². The van der Waals surface area contributed by atoms with Crippen molar-refractivity contribution in [2.45, 2.75) is 6.18 Å². The van der Waals surface area contributed by atoms with E-state index in [1.54, 1.807) is 0 Å². The lowest BCUT2D eigenvalue weighted by Gasteiger charge is -2.12. The number of hydrogen-bond acceptors (Lipinski definition) is 4. The Morgan fingerprint density at radius 3 is 2.48 bits per heavy atom. The number of nitrogens with zero attached hydrogens (tertiary/aromatic N) is 1. The summed E-state index contributed by atoms with van der Waals surface area (Å²) in [6.45, 7) is 0. The molecule has 2 rings (SSSR count). The Hall–Kier alpha value is -2.06. The summed E-state index contributed by atoms with van der Waals surface area (Å²) in [6.07, 6.45) is -4.60. The fourth-order valence-electron chi connectivity index (χ4n) is 1.47. The number of nitrogens with two attached hydrogens (primary N) is 1. The summed E-state index contributed by atoms with van der Waals surface area (Å²) in [5.41, 5.74) is 1.00. The monoisotopic (exact) mass is 321 g/mol. The molecule has 4 nitrogen and oxygen atoms in total. The Labute approximate surface area is 121 Å². The smallest absolute Gasteiger partial charge is 0.416 e. The van der Waals surface area contributed by atoms with Crippen molar-refractivity contribution in [2.24, 2.45) is 5.84 Å².